The van der Waals surface area contributed by atoms with E-state index in [1.165, 1.54) is 6.07 Å². The van der Waals surface area contributed by atoms with Crippen LogP contribution in [0.15, 0.2) is 64.1 Å². The zero-order valence-electron chi connectivity index (χ0n) is 20.3. The third-order valence-corrected chi connectivity index (χ3v) is 5.31. The number of benzene rings is 2. The van der Waals surface area contributed by atoms with Crippen molar-refractivity contribution in [1.29, 1.82) is 0 Å². The van der Waals surface area contributed by atoms with Crippen LogP contribution in [-0.2, 0) is 4.79 Å². The summed E-state index contributed by atoms with van der Waals surface area (Å²) in [6.07, 6.45) is -1.85. The molecule has 9 nitrogen and oxygen atoms in total. The minimum absolute atomic E-state index is 0.167. The molecular formula is C26H22F3N3O6. The number of aromatic carboxylic acids is 1. The highest BCUT2D eigenvalue weighted by Gasteiger charge is 2.38. The lowest BCUT2D eigenvalue weighted by molar-refractivity contribution is -0.192. The molecule has 4 rings (SSSR count). The fraction of sp³-hybridized carbons (Fsp3) is 0.192. The van der Waals surface area contributed by atoms with Gasteiger partial charge >= 0.3 is 18.1 Å². The molecule has 38 heavy (non-hydrogen) atoms. The van der Waals surface area contributed by atoms with Crippen LogP contribution in [0.5, 0.6) is 0 Å². The molecule has 0 bridgehead atoms. The van der Waals surface area contributed by atoms with Gasteiger partial charge in [0.15, 0.2) is 5.43 Å². The lowest BCUT2D eigenvalue weighted by atomic mass is 10.0. The van der Waals surface area contributed by atoms with Crippen LogP contribution in [0.1, 0.15) is 40.3 Å². The molecule has 0 fully saturated rings. The first-order chi connectivity index (χ1) is 17.8. The molecule has 0 aliphatic rings. The van der Waals surface area contributed by atoms with Crippen LogP contribution in [0.3, 0.4) is 0 Å². The van der Waals surface area contributed by atoms with Crippen molar-refractivity contribution in [2.24, 2.45) is 0 Å². The number of nitrogens with zero attached hydrogens (tertiary/aromatic N) is 2. The lowest BCUT2D eigenvalue weighted by Crippen LogP contribution is -2.21. The van der Waals surface area contributed by atoms with Gasteiger partial charge in [-0.2, -0.15) is 13.2 Å². The molecule has 0 saturated heterocycles. The first-order valence-electron chi connectivity index (χ1n) is 11.0. The minimum Gasteiger partial charge on any atom is -0.478 e. The average molecular weight is 529 g/mol. The van der Waals surface area contributed by atoms with Crippen molar-refractivity contribution in [2.45, 2.75) is 33.0 Å². The van der Waals surface area contributed by atoms with Crippen molar-refractivity contribution in [3.8, 4) is 11.3 Å². The Kier molecular flexibility index (Phi) is 8.14. The van der Waals surface area contributed by atoms with Crippen molar-refractivity contribution >= 4 is 28.6 Å². The summed E-state index contributed by atoms with van der Waals surface area (Å²) in [4.78, 5) is 41.7. The fourth-order valence-electron chi connectivity index (χ4n) is 3.52. The molecule has 0 saturated carbocycles. The van der Waals surface area contributed by atoms with Gasteiger partial charge in [0, 0.05) is 29.7 Å². The van der Waals surface area contributed by atoms with Gasteiger partial charge in [-0.1, -0.05) is 18.2 Å². The van der Waals surface area contributed by atoms with Gasteiger partial charge in [0.05, 0.1) is 22.6 Å². The molecule has 2 aromatic carbocycles. The van der Waals surface area contributed by atoms with Gasteiger partial charge in [-0.3, -0.25) is 4.79 Å². The Morgan fingerprint density at radius 3 is 2.21 bits per heavy atom. The van der Waals surface area contributed by atoms with Crippen molar-refractivity contribution in [3.63, 3.8) is 0 Å². The normalized spacial score (nSPS) is 11.8. The number of hydrogen-bond donors (Lipinski definition) is 3. The minimum atomic E-state index is -5.08. The summed E-state index contributed by atoms with van der Waals surface area (Å²) in [5.74, 6) is -2.77. The topological polar surface area (TPSA) is 143 Å². The molecule has 0 aliphatic carbocycles. The first kappa shape index (κ1) is 27.8. The zero-order valence-corrected chi connectivity index (χ0v) is 20.3. The van der Waals surface area contributed by atoms with Gasteiger partial charge in [0.2, 0.25) is 0 Å². The fourth-order valence-corrected chi connectivity index (χ4v) is 3.52. The number of carbonyl (C=O) groups is 2. The van der Waals surface area contributed by atoms with E-state index in [4.69, 9.17) is 14.3 Å². The maximum Gasteiger partial charge on any atom is 0.490 e. The van der Waals surface area contributed by atoms with Crippen LogP contribution >= 0.6 is 0 Å². The summed E-state index contributed by atoms with van der Waals surface area (Å²) >= 11 is 0. The van der Waals surface area contributed by atoms with Crippen molar-refractivity contribution in [2.75, 3.05) is 5.32 Å². The number of para-hydroxylation sites is 1. The highest BCUT2D eigenvalue weighted by Crippen LogP contribution is 2.31. The third kappa shape index (κ3) is 6.52. The van der Waals surface area contributed by atoms with Crippen LogP contribution in [0.4, 0.5) is 18.9 Å². The largest absolute Gasteiger partial charge is 0.490 e. The SMILES string of the molecule is Cc1cc(C(C)Nc2ccccc2C(=O)O)c2oc(-c3cnc(C)nc3)cc(=O)c2c1.O=C(O)C(F)(F)F. The number of aromatic nitrogens is 2. The number of hydrogen-bond acceptors (Lipinski definition) is 7. The Morgan fingerprint density at radius 2 is 1.63 bits per heavy atom. The highest BCUT2D eigenvalue weighted by atomic mass is 19.4. The van der Waals surface area contributed by atoms with E-state index in [1.54, 1.807) is 49.6 Å². The lowest BCUT2D eigenvalue weighted by Gasteiger charge is -2.19. The molecule has 0 aliphatic heterocycles. The second-order valence-corrected chi connectivity index (χ2v) is 8.24. The Labute approximate surface area is 213 Å². The first-order valence-corrected chi connectivity index (χ1v) is 11.0. The smallest absolute Gasteiger partial charge is 0.478 e. The van der Waals surface area contributed by atoms with E-state index in [0.717, 1.165) is 11.1 Å². The van der Waals surface area contributed by atoms with Crippen LogP contribution in [-0.4, -0.2) is 38.3 Å². The van der Waals surface area contributed by atoms with E-state index < -0.39 is 18.1 Å². The average Bonchev–Trinajstić information content (AvgIpc) is 2.84. The maximum atomic E-state index is 12.9. The van der Waals surface area contributed by atoms with Gasteiger partial charge in [-0.05, 0) is 44.5 Å². The number of halogens is 3. The number of aryl methyl sites for hydroxylation is 2. The molecule has 198 valence electrons. The predicted octanol–water partition coefficient (Wildman–Crippen LogP) is 5.37. The molecule has 2 aromatic heterocycles. The van der Waals surface area contributed by atoms with E-state index in [1.807, 2.05) is 19.9 Å². The molecule has 4 aromatic rings. The predicted molar refractivity (Wildman–Crippen MR) is 132 cm³/mol. The third-order valence-electron chi connectivity index (χ3n) is 5.31. The zero-order chi connectivity index (χ0) is 28.2. The number of carboxylic acid groups (broad SMARTS) is 2. The van der Waals surface area contributed by atoms with Gasteiger partial charge in [0.1, 0.15) is 17.2 Å². The van der Waals surface area contributed by atoms with Gasteiger partial charge in [-0.15, -0.1) is 0 Å². The number of alkyl halides is 3. The molecule has 12 heteroatoms. The van der Waals surface area contributed by atoms with E-state index in [0.29, 0.717) is 33.8 Å². The molecule has 2 heterocycles. The maximum absolute atomic E-state index is 12.9. The molecule has 1 unspecified atom stereocenters. The van der Waals surface area contributed by atoms with E-state index >= 15 is 0 Å². The van der Waals surface area contributed by atoms with E-state index in [-0.39, 0.29) is 17.0 Å². The number of carboxylic acids is 2. The highest BCUT2D eigenvalue weighted by molar-refractivity contribution is 5.94. The number of nitrogens with one attached hydrogen (secondary N) is 1. The number of fused-ring (bicyclic) bond motifs is 1. The van der Waals surface area contributed by atoms with Gasteiger partial charge < -0.3 is 19.9 Å². The molecule has 0 radical (unpaired) electrons. The summed E-state index contributed by atoms with van der Waals surface area (Å²) < 4.78 is 37.9. The van der Waals surface area contributed by atoms with Crippen molar-refractivity contribution in [3.05, 3.63) is 87.6 Å². The number of anilines is 1. The number of rotatable bonds is 5. The Hall–Kier alpha value is -4.74. The summed E-state index contributed by atoms with van der Waals surface area (Å²) in [5, 5.41) is 20.3. The van der Waals surface area contributed by atoms with Crippen molar-refractivity contribution < 1.29 is 37.4 Å². The quantitative estimate of drug-likeness (QED) is 0.311. The Bertz CT molecular complexity index is 1550. The van der Waals surface area contributed by atoms with Crippen LogP contribution in [0.2, 0.25) is 0 Å². The van der Waals surface area contributed by atoms with Crippen LogP contribution in [0.25, 0.3) is 22.3 Å². The molecule has 3 N–H and O–H groups in total. The van der Waals surface area contributed by atoms with Gasteiger partial charge in [-0.25, -0.2) is 19.6 Å². The van der Waals surface area contributed by atoms with E-state index in [2.05, 4.69) is 15.3 Å². The second kappa shape index (κ2) is 11.1. The van der Waals surface area contributed by atoms with E-state index in [9.17, 15) is 27.9 Å². The summed E-state index contributed by atoms with van der Waals surface area (Å²) in [6.45, 7) is 5.58. The van der Waals surface area contributed by atoms with Crippen LogP contribution < -0.4 is 10.7 Å². The Morgan fingerprint density at radius 1 is 1.03 bits per heavy atom. The van der Waals surface area contributed by atoms with Crippen molar-refractivity contribution in [1.82, 2.24) is 9.97 Å². The Balaban J connectivity index is 0.000000505. The standard InChI is InChI=1S/C24H21N3O4.C2HF3O2/c1-13-8-18(14(2)27-20-7-5-4-6-17(20)24(29)30)23-19(9-13)21(28)10-22(31-23)16-11-25-15(3)26-12-16;3-2(4,5)1(6)7/h4-12,14,27H,1-3H3,(H,29,30);(H,6,7). The molecule has 0 amide bonds. The number of aliphatic carboxylic acids is 1. The van der Waals surface area contributed by atoms with Gasteiger partial charge in [0.25, 0.3) is 0 Å². The second-order valence-electron chi connectivity index (χ2n) is 8.24. The summed E-state index contributed by atoms with van der Waals surface area (Å²) in [6, 6.07) is 11.5. The molecule has 1 atom stereocenters. The molecule has 0 spiro atoms. The van der Waals surface area contributed by atoms with Crippen LogP contribution in [0, 0.1) is 13.8 Å². The summed E-state index contributed by atoms with van der Waals surface area (Å²) in [5.41, 5.74) is 3.20. The molecular weight excluding hydrogens is 507 g/mol. The summed E-state index contributed by atoms with van der Waals surface area (Å²) in [7, 11) is 0. The monoisotopic (exact) mass is 529 g/mol.